The van der Waals surface area contributed by atoms with Crippen LogP contribution in [0.2, 0.25) is 0 Å². The highest BCUT2D eigenvalue weighted by Gasteiger charge is 2.28. The molecule has 0 spiro atoms. The van der Waals surface area contributed by atoms with Crippen LogP contribution in [0.4, 0.5) is 0 Å². The van der Waals surface area contributed by atoms with Crippen molar-refractivity contribution in [2.24, 2.45) is 5.92 Å². The van der Waals surface area contributed by atoms with Crippen LogP contribution >= 0.6 is 0 Å². The zero-order valence-corrected chi connectivity index (χ0v) is 10.5. The van der Waals surface area contributed by atoms with Gasteiger partial charge in [-0.15, -0.1) is 0 Å². The first kappa shape index (κ1) is 14.0. The van der Waals surface area contributed by atoms with Crippen molar-refractivity contribution < 1.29 is 23.1 Å². The molecule has 0 bridgehead atoms. The molecule has 1 amide bonds. The number of hydrogen-bond donors (Lipinski definition) is 2. The zero-order valence-electron chi connectivity index (χ0n) is 9.68. The molecule has 0 aromatic heterocycles. The van der Waals surface area contributed by atoms with E-state index in [2.05, 4.69) is 5.32 Å². The Kier molecular flexibility index (Phi) is 4.50. The molecule has 1 aliphatic carbocycles. The maximum absolute atomic E-state index is 11.6. The van der Waals surface area contributed by atoms with Gasteiger partial charge in [-0.25, -0.2) is 13.2 Å². The SMILES string of the molecule is CC(=O)NC(CS(=O)(=O)CCC1CC1)C(=O)O. The third-order valence-corrected chi connectivity index (χ3v) is 4.33. The van der Waals surface area contributed by atoms with Crippen molar-refractivity contribution in [3.63, 3.8) is 0 Å². The Morgan fingerprint density at radius 1 is 1.41 bits per heavy atom. The second kappa shape index (κ2) is 5.48. The molecule has 6 nitrogen and oxygen atoms in total. The molecule has 1 unspecified atom stereocenters. The van der Waals surface area contributed by atoms with Crippen LogP contribution in [0.15, 0.2) is 0 Å². The number of carbonyl (C=O) groups excluding carboxylic acids is 1. The first-order valence-corrected chi connectivity index (χ1v) is 7.32. The monoisotopic (exact) mass is 263 g/mol. The summed E-state index contributed by atoms with van der Waals surface area (Å²) in [5.41, 5.74) is 0. The van der Waals surface area contributed by atoms with Crippen LogP contribution in [-0.4, -0.2) is 42.9 Å². The molecular formula is C10H17NO5S. The number of rotatable bonds is 7. The Bertz CT molecular complexity index is 399. The summed E-state index contributed by atoms with van der Waals surface area (Å²) in [6, 6.07) is -1.35. The maximum atomic E-state index is 11.6. The van der Waals surface area contributed by atoms with E-state index in [0.717, 1.165) is 19.8 Å². The van der Waals surface area contributed by atoms with E-state index in [0.29, 0.717) is 12.3 Å². The summed E-state index contributed by atoms with van der Waals surface area (Å²) in [6.45, 7) is 1.16. The molecule has 0 aromatic carbocycles. The molecule has 0 heterocycles. The van der Waals surface area contributed by atoms with Gasteiger partial charge in [-0.3, -0.25) is 4.79 Å². The summed E-state index contributed by atoms with van der Waals surface area (Å²) in [4.78, 5) is 21.5. The van der Waals surface area contributed by atoms with Gasteiger partial charge in [-0.05, 0) is 12.3 Å². The van der Waals surface area contributed by atoms with Crippen molar-refractivity contribution in [1.29, 1.82) is 0 Å². The van der Waals surface area contributed by atoms with Crippen LogP contribution < -0.4 is 5.32 Å². The standard InChI is InChI=1S/C10H17NO5S/c1-7(12)11-9(10(13)14)6-17(15,16)5-4-8-2-3-8/h8-9H,2-6H2,1H3,(H,11,12)(H,13,14). The fourth-order valence-corrected chi connectivity index (χ4v) is 3.10. The van der Waals surface area contributed by atoms with Gasteiger partial charge in [0.15, 0.2) is 9.84 Å². The molecule has 1 saturated carbocycles. The number of sulfone groups is 1. The molecule has 7 heteroatoms. The molecule has 0 aromatic rings. The summed E-state index contributed by atoms with van der Waals surface area (Å²) >= 11 is 0. The van der Waals surface area contributed by atoms with Crippen LogP contribution in [0.3, 0.4) is 0 Å². The highest BCUT2D eigenvalue weighted by atomic mass is 32.2. The highest BCUT2D eigenvalue weighted by molar-refractivity contribution is 7.91. The molecule has 17 heavy (non-hydrogen) atoms. The maximum Gasteiger partial charge on any atom is 0.327 e. The predicted molar refractivity (Wildman–Crippen MR) is 61.2 cm³/mol. The lowest BCUT2D eigenvalue weighted by Gasteiger charge is -2.13. The smallest absolute Gasteiger partial charge is 0.327 e. The average molecular weight is 263 g/mol. The number of aliphatic carboxylic acids is 1. The molecule has 98 valence electrons. The Morgan fingerprint density at radius 3 is 2.41 bits per heavy atom. The first-order chi connectivity index (χ1) is 7.80. The van der Waals surface area contributed by atoms with Gasteiger partial charge in [0.1, 0.15) is 6.04 Å². The second-order valence-corrected chi connectivity index (χ2v) is 6.67. The highest BCUT2D eigenvalue weighted by Crippen LogP contribution is 2.32. The summed E-state index contributed by atoms with van der Waals surface area (Å²) < 4.78 is 23.3. The molecule has 0 saturated heterocycles. The first-order valence-electron chi connectivity index (χ1n) is 5.50. The minimum absolute atomic E-state index is 0.00102. The van der Waals surface area contributed by atoms with Crippen LogP contribution in [0.1, 0.15) is 26.2 Å². The van der Waals surface area contributed by atoms with Crippen molar-refractivity contribution in [2.75, 3.05) is 11.5 Å². The minimum Gasteiger partial charge on any atom is -0.480 e. The van der Waals surface area contributed by atoms with E-state index >= 15 is 0 Å². The van der Waals surface area contributed by atoms with Crippen molar-refractivity contribution in [3.05, 3.63) is 0 Å². The Labute approximate surface area is 100 Å². The Hall–Kier alpha value is -1.11. The lowest BCUT2D eigenvalue weighted by molar-refractivity contribution is -0.140. The number of hydrogen-bond acceptors (Lipinski definition) is 4. The van der Waals surface area contributed by atoms with Gasteiger partial charge in [0.2, 0.25) is 5.91 Å². The van der Waals surface area contributed by atoms with Crippen LogP contribution in [-0.2, 0) is 19.4 Å². The van der Waals surface area contributed by atoms with Gasteiger partial charge >= 0.3 is 5.97 Å². The number of amides is 1. The molecule has 1 fully saturated rings. The van der Waals surface area contributed by atoms with E-state index in [-0.39, 0.29) is 5.75 Å². The van der Waals surface area contributed by atoms with Gasteiger partial charge < -0.3 is 10.4 Å². The Balaban J connectivity index is 2.51. The topological polar surface area (TPSA) is 101 Å². The van der Waals surface area contributed by atoms with Crippen molar-refractivity contribution >= 4 is 21.7 Å². The molecular weight excluding hydrogens is 246 g/mol. The molecule has 2 N–H and O–H groups in total. The second-order valence-electron chi connectivity index (χ2n) is 4.44. The van der Waals surface area contributed by atoms with E-state index in [9.17, 15) is 18.0 Å². The van der Waals surface area contributed by atoms with Crippen molar-refractivity contribution in [1.82, 2.24) is 5.32 Å². The van der Waals surface area contributed by atoms with Gasteiger partial charge in [0.05, 0.1) is 11.5 Å². The predicted octanol–water partition coefficient (Wildman–Crippen LogP) is -0.209. The summed E-state index contributed by atoms with van der Waals surface area (Å²) in [5, 5.41) is 10.9. The summed E-state index contributed by atoms with van der Waals surface area (Å²) in [5.74, 6) is -1.92. The molecule has 1 rings (SSSR count). The van der Waals surface area contributed by atoms with Crippen LogP contribution in [0.5, 0.6) is 0 Å². The lowest BCUT2D eigenvalue weighted by Crippen LogP contribution is -2.44. The van der Waals surface area contributed by atoms with E-state index < -0.39 is 33.5 Å². The number of nitrogens with one attached hydrogen (secondary N) is 1. The van der Waals surface area contributed by atoms with Crippen molar-refractivity contribution in [3.8, 4) is 0 Å². The molecule has 0 radical (unpaired) electrons. The largest absolute Gasteiger partial charge is 0.480 e. The van der Waals surface area contributed by atoms with Gasteiger partial charge in [-0.2, -0.15) is 0 Å². The quantitative estimate of drug-likeness (QED) is 0.662. The minimum atomic E-state index is -3.42. The number of carbonyl (C=O) groups is 2. The normalized spacial score (nSPS) is 17.5. The van der Waals surface area contributed by atoms with E-state index in [1.807, 2.05) is 0 Å². The molecule has 0 aliphatic heterocycles. The summed E-state index contributed by atoms with van der Waals surface area (Å²) in [6.07, 6.45) is 2.71. The molecule has 1 atom stereocenters. The zero-order chi connectivity index (χ0) is 13.1. The summed E-state index contributed by atoms with van der Waals surface area (Å²) in [7, 11) is -3.42. The van der Waals surface area contributed by atoms with Gasteiger partial charge in [0.25, 0.3) is 0 Å². The van der Waals surface area contributed by atoms with E-state index in [1.54, 1.807) is 0 Å². The third kappa shape index (κ3) is 5.67. The number of carboxylic acid groups (broad SMARTS) is 1. The van der Waals surface area contributed by atoms with Gasteiger partial charge in [0, 0.05) is 6.92 Å². The number of carboxylic acids is 1. The van der Waals surface area contributed by atoms with Crippen LogP contribution in [0, 0.1) is 5.92 Å². The lowest BCUT2D eigenvalue weighted by atomic mass is 10.3. The van der Waals surface area contributed by atoms with Crippen LogP contribution in [0.25, 0.3) is 0 Å². The Morgan fingerprint density at radius 2 is 2.00 bits per heavy atom. The van der Waals surface area contributed by atoms with E-state index in [4.69, 9.17) is 5.11 Å². The van der Waals surface area contributed by atoms with Gasteiger partial charge in [-0.1, -0.05) is 12.8 Å². The third-order valence-electron chi connectivity index (χ3n) is 2.63. The fraction of sp³-hybridized carbons (Fsp3) is 0.800. The fourth-order valence-electron chi connectivity index (χ4n) is 1.51. The van der Waals surface area contributed by atoms with E-state index in [1.165, 1.54) is 0 Å². The van der Waals surface area contributed by atoms with Crippen molar-refractivity contribution in [2.45, 2.75) is 32.2 Å². The average Bonchev–Trinajstić information content (AvgIpc) is 2.96. The molecule has 1 aliphatic rings.